The summed E-state index contributed by atoms with van der Waals surface area (Å²) in [6.45, 7) is 2.43. The Balaban J connectivity index is 2.04. The highest BCUT2D eigenvalue weighted by atomic mass is 32.2. The second kappa shape index (κ2) is 5.47. The molecule has 2 aromatic heterocycles. The third-order valence-corrected chi connectivity index (χ3v) is 3.62. The van der Waals surface area contributed by atoms with Crippen molar-refractivity contribution in [1.82, 2.24) is 24.6 Å². The molecule has 2 aromatic rings. The molecule has 0 amide bonds. The van der Waals surface area contributed by atoms with Crippen LogP contribution < -0.4 is 10.5 Å². The predicted octanol–water partition coefficient (Wildman–Crippen LogP) is -0.988. The van der Waals surface area contributed by atoms with Crippen LogP contribution in [-0.2, 0) is 23.1 Å². The van der Waals surface area contributed by atoms with Crippen molar-refractivity contribution in [2.75, 3.05) is 6.54 Å². The normalized spacial score (nSPS) is 11.9. The van der Waals surface area contributed by atoms with Crippen molar-refractivity contribution in [3.05, 3.63) is 24.1 Å². The molecule has 2 rings (SSSR count). The summed E-state index contributed by atoms with van der Waals surface area (Å²) in [4.78, 5) is 3.97. The molecule has 0 bridgehead atoms. The van der Waals surface area contributed by atoms with Crippen molar-refractivity contribution in [3.63, 3.8) is 0 Å². The fraction of sp³-hybridized carbons (Fsp3) is 0.444. The molecule has 0 fully saturated rings. The van der Waals surface area contributed by atoms with E-state index in [0.717, 1.165) is 0 Å². The molecule has 0 saturated carbocycles. The summed E-state index contributed by atoms with van der Waals surface area (Å²) in [6.07, 6.45) is 2.67. The molecule has 9 nitrogen and oxygen atoms in total. The number of nitrogens with two attached hydrogens (primary N) is 1. The van der Waals surface area contributed by atoms with Gasteiger partial charge in [-0.05, 0) is 6.92 Å². The Kier molecular flexibility index (Phi) is 3.93. The maximum absolute atomic E-state index is 11.9. The highest BCUT2D eigenvalue weighted by Crippen LogP contribution is 2.07. The molecule has 0 radical (unpaired) electrons. The lowest BCUT2D eigenvalue weighted by molar-refractivity contribution is 0.372. The third-order valence-electron chi connectivity index (χ3n) is 2.26. The standard InChI is InChI=1S/C9H14N6O3S/c1-7-13-9(18-14-7)5-12-19(16,17)8-4-11-15(6-8)3-2-10/h4,6,12H,2-3,5,10H2,1H3. The van der Waals surface area contributed by atoms with Crippen molar-refractivity contribution in [1.29, 1.82) is 0 Å². The lowest BCUT2D eigenvalue weighted by atomic mass is 10.6. The zero-order valence-corrected chi connectivity index (χ0v) is 11.1. The highest BCUT2D eigenvalue weighted by molar-refractivity contribution is 7.89. The van der Waals surface area contributed by atoms with Crippen LogP contribution in [-0.4, -0.2) is 34.9 Å². The largest absolute Gasteiger partial charge is 0.338 e. The Labute approximate surface area is 109 Å². The Morgan fingerprint density at radius 2 is 2.32 bits per heavy atom. The molecule has 104 valence electrons. The minimum Gasteiger partial charge on any atom is -0.338 e. The second-order valence-electron chi connectivity index (χ2n) is 3.79. The topological polar surface area (TPSA) is 129 Å². The smallest absolute Gasteiger partial charge is 0.244 e. The SMILES string of the molecule is Cc1noc(CNS(=O)(=O)c2cnn(CCN)c2)n1. The maximum Gasteiger partial charge on any atom is 0.244 e. The number of nitrogens with one attached hydrogen (secondary N) is 1. The van der Waals surface area contributed by atoms with Crippen LogP contribution in [0.1, 0.15) is 11.7 Å². The number of aryl methyl sites for hydroxylation is 1. The minimum atomic E-state index is -3.65. The van der Waals surface area contributed by atoms with E-state index in [1.807, 2.05) is 0 Å². The van der Waals surface area contributed by atoms with Gasteiger partial charge in [-0.25, -0.2) is 13.1 Å². The molecule has 0 atom stereocenters. The molecule has 2 heterocycles. The molecular weight excluding hydrogens is 272 g/mol. The molecule has 0 saturated heterocycles. The summed E-state index contributed by atoms with van der Waals surface area (Å²) < 4.78 is 32.5. The van der Waals surface area contributed by atoms with Gasteiger partial charge in [0.25, 0.3) is 0 Å². The lowest BCUT2D eigenvalue weighted by Crippen LogP contribution is -2.23. The van der Waals surface area contributed by atoms with Crippen LogP contribution in [0.5, 0.6) is 0 Å². The van der Waals surface area contributed by atoms with Gasteiger partial charge in [0.15, 0.2) is 5.82 Å². The monoisotopic (exact) mass is 286 g/mol. The molecule has 0 unspecified atom stereocenters. The van der Waals surface area contributed by atoms with Gasteiger partial charge in [-0.3, -0.25) is 4.68 Å². The second-order valence-corrected chi connectivity index (χ2v) is 5.55. The molecule has 0 aliphatic rings. The molecule has 0 spiro atoms. The van der Waals surface area contributed by atoms with Gasteiger partial charge in [-0.1, -0.05) is 5.16 Å². The summed E-state index contributed by atoms with van der Waals surface area (Å²) in [5.74, 6) is 0.653. The van der Waals surface area contributed by atoms with Crippen molar-refractivity contribution in [2.24, 2.45) is 5.73 Å². The third kappa shape index (κ3) is 3.36. The first kappa shape index (κ1) is 13.6. The number of nitrogens with zero attached hydrogens (tertiary/aromatic N) is 4. The number of hydrogen-bond donors (Lipinski definition) is 2. The molecule has 0 aromatic carbocycles. The van der Waals surface area contributed by atoms with Crippen molar-refractivity contribution >= 4 is 10.0 Å². The van der Waals surface area contributed by atoms with Gasteiger partial charge in [0.05, 0.1) is 19.3 Å². The zero-order valence-electron chi connectivity index (χ0n) is 10.3. The Hall–Kier alpha value is -1.78. The van der Waals surface area contributed by atoms with Crippen LogP contribution in [0.3, 0.4) is 0 Å². The van der Waals surface area contributed by atoms with Gasteiger partial charge in [0.2, 0.25) is 15.9 Å². The summed E-state index contributed by atoms with van der Waals surface area (Å²) in [5.41, 5.74) is 5.36. The Bertz CT molecular complexity index is 646. The van der Waals surface area contributed by atoms with Crippen LogP contribution in [0.15, 0.2) is 21.8 Å². The first-order valence-corrected chi connectivity index (χ1v) is 7.01. The molecular formula is C9H14N6O3S. The van der Waals surface area contributed by atoms with Crippen molar-refractivity contribution in [2.45, 2.75) is 24.9 Å². The fourth-order valence-corrected chi connectivity index (χ4v) is 2.32. The van der Waals surface area contributed by atoms with Gasteiger partial charge < -0.3 is 10.3 Å². The van der Waals surface area contributed by atoms with E-state index < -0.39 is 10.0 Å². The summed E-state index contributed by atoms with van der Waals surface area (Å²) in [5, 5.41) is 7.46. The van der Waals surface area contributed by atoms with Gasteiger partial charge in [-0.2, -0.15) is 10.1 Å². The molecule has 0 aliphatic heterocycles. The molecule has 19 heavy (non-hydrogen) atoms. The molecule has 3 N–H and O–H groups in total. The summed E-state index contributed by atoms with van der Waals surface area (Å²) in [6, 6.07) is 0. The average molecular weight is 286 g/mol. The minimum absolute atomic E-state index is 0.0642. The van der Waals surface area contributed by atoms with Crippen LogP contribution in [0, 0.1) is 6.92 Å². The van der Waals surface area contributed by atoms with E-state index in [1.165, 1.54) is 17.1 Å². The predicted molar refractivity (Wildman–Crippen MR) is 64.3 cm³/mol. The Morgan fingerprint density at radius 1 is 1.53 bits per heavy atom. The highest BCUT2D eigenvalue weighted by Gasteiger charge is 2.17. The van der Waals surface area contributed by atoms with Crippen molar-refractivity contribution < 1.29 is 12.9 Å². The molecule has 10 heteroatoms. The quantitative estimate of drug-likeness (QED) is 0.697. The lowest BCUT2D eigenvalue weighted by Gasteiger charge is -2.01. The van der Waals surface area contributed by atoms with Crippen LogP contribution >= 0.6 is 0 Å². The zero-order chi connectivity index (χ0) is 13.9. The van der Waals surface area contributed by atoms with Gasteiger partial charge in [0.1, 0.15) is 4.90 Å². The molecule has 0 aliphatic carbocycles. The number of hydrogen-bond acceptors (Lipinski definition) is 7. The first-order valence-electron chi connectivity index (χ1n) is 5.52. The van der Waals surface area contributed by atoms with E-state index in [0.29, 0.717) is 18.9 Å². The van der Waals surface area contributed by atoms with Crippen LogP contribution in [0.2, 0.25) is 0 Å². The van der Waals surface area contributed by atoms with Crippen LogP contribution in [0.25, 0.3) is 0 Å². The maximum atomic E-state index is 11.9. The van der Waals surface area contributed by atoms with Crippen molar-refractivity contribution in [3.8, 4) is 0 Å². The first-order chi connectivity index (χ1) is 9.01. The number of sulfonamides is 1. The fourth-order valence-electron chi connectivity index (χ4n) is 1.39. The van der Waals surface area contributed by atoms with Gasteiger partial charge in [0, 0.05) is 12.7 Å². The van der Waals surface area contributed by atoms with Gasteiger partial charge in [-0.15, -0.1) is 0 Å². The van der Waals surface area contributed by atoms with Gasteiger partial charge >= 0.3 is 0 Å². The van der Waals surface area contributed by atoms with E-state index in [1.54, 1.807) is 6.92 Å². The van der Waals surface area contributed by atoms with Crippen LogP contribution in [0.4, 0.5) is 0 Å². The van der Waals surface area contributed by atoms with E-state index in [9.17, 15) is 8.42 Å². The summed E-state index contributed by atoms with van der Waals surface area (Å²) >= 11 is 0. The van der Waals surface area contributed by atoms with E-state index in [4.69, 9.17) is 10.3 Å². The van der Waals surface area contributed by atoms with E-state index >= 15 is 0 Å². The number of aromatic nitrogens is 4. The summed E-state index contributed by atoms with van der Waals surface area (Å²) in [7, 11) is -3.65. The van der Waals surface area contributed by atoms with E-state index in [2.05, 4.69) is 20.0 Å². The Morgan fingerprint density at radius 3 is 2.95 bits per heavy atom. The number of rotatable bonds is 6. The van der Waals surface area contributed by atoms with E-state index in [-0.39, 0.29) is 17.3 Å². The average Bonchev–Trinajstić information content (AvgIpc) is 2.97.